The second-order valence-electron chi connectivity index (χ2n) is 5.97. The molecule has 2 heterocycles. The van der Waals surface area contributed by atoms with Gasteiger partial charge in [-0.05, 0) is 31.4 Å². The Morgan fingerprint density at radius 1 is 1.27 bits per heavy atom. The van der Waals surface area contributed by atoms with Crippen molar-refractivity contribution in [3.8, 4) is 5.75 Å². The zero-order valence-corrected chi connectivity index (χ0v) is 17.7. The van der Waals surface area contributed by atoms with E-state index < -0.39 is 0 Å². The summed E-state index contributed by atoms with van der Waals surface area (Å²) in [7, 11) is 1.70. The molecule has 0 bridgehead atoms. The number of benzene rings is 1. The molecule has 0 amide bonds. The highest BCUT2D eigenvalue weighted by atomic mass is 127. The number of guanidine groups is 1. The molecule has 0 aliphatic carbocycles. The Morgan fingerprint density at radius 3 is 2.92 bits per heavy atom. The van der Waals surface area contributed by atoms with E-state index in [9.17, 15) is 0 Å². The van der Waals surface area contributed by atoms with Gasteiger partial charge < -0.3 is 19.9 Å². The second-order valence-corrected chi connectivity index (χ2v) is 5.97. The van der Waals surface area contributed by atoms with Gasteiger partial charge in [-0.3, -0.25) is 0 Å². The summed E-state index contributed by atoms with van der Waals surface area (Å²) in [6, 6.07) is 8.09. The topological polar surface area (TPSA) is 76.4 Å². The molecular formula is C18H27IN6O. The predicted octanol–water partition coefficient (Wildman–Crippen LogP) is 2.15. The van der Waals surface area contributed by atoms with Crippen LogP contribution in [0, 0.1) is 0 Å². The summed E-state index contributed by atoms with van der Waals surface area (Å²) in [4.78, 5) is 4.65. The number of aryl methyl sites for hydroxylation is 1. The van der Waals surface area contributed by atoms with E-state index in [4.69, 9.17) is 4.74 Å². The van der Waals surface area contributed by atoms with Gasteiger partial charge in [0.2, 0.25) is 0 Å². The first-order chi connectivity index (χ1) is 12.3. The van der Waals surface area contributed by atoms with Crippen molar-refractivity contribution < 1.29 is 4.74 Å². The molecular weight excluding hydrogens is 443 g/mol. The van der Waals surface area contributed by atoms with Gasteiger partial charge >= 0.3 is 0 Å². The van der Waals surface area contributed by atoms with Gasteiger partial charge in [0.05, 0.1) is 7.11 Å². The van der Waals surface area contributed by atoms with Crippen LogP contribution < -0.4 is 15.4 Å². The minimum absolute atomic E-state index is 0. The third-order valence-electron chi connectivity index (χ3n) is 4.29. The minimum atomic E-state index is 0. The maximum atomic E-state index is 5.40. The number of rotatable bonds is 7. The fourth-order valence-corrected chi connectivity index (χ4v) is 3.04. The number of aliphatic imine (C=N–C) groups is 1. The van der Waals surface area contributed by atoms with Crippen molar-refractivity contribution in [2.45, 2.75) is 39.3 Å². The summed E-state index contributed by atoms with van der Waals surface area (Å²) >= 11 is 0. The van der Waals surface area contributed by atoms with Crippen LogP contribution in [0.2, 0.25) is 0 Å². The van der Waals surface area contributed by atoms with Gasteiger partial charge in [-0.1, -0.05) is 18.2 Å². The molecule has 1 aliphatic rings. The number of hydrogen-bond donors (Lipinski definition) is 2. The van der Waals surface area contributed by atoms with Crippen molar-refractivity contribution in [2.75, 3.05) is 20.2 Å². The van der Waals surface area contributed by atoms with E-state index in [2.05, 4.69) is 43.4 Å². The molecule has 1 aromatic carbocycles. The van der Waals surface area contributed by atoms with Crippen molar-refractivity contribution in [1.29, 1.82) is 0 Å². The summed E-state index contributed by atoms with van der Waals surface area (Å²) in [5.74, 6) is 3.74. The molecule has 7 nitrogen and oxygen atoms in total. The third kappa shape index (κ3) is 5.09. The zero-order chi connectivity index (χ0) is 17.5. The summed E-state index contributed by atoms with van der Waals surface area (Å²) in [6.45, 7) is 5.21. The van der Waals surface area contributed by atoms with E-state index in [0.717, 1.165) is 62.3 Å². The molecule has 26 heavy (non-hydrogen) atoms. The number of hydrogen-bond acceptors (Lipinski definition) is 4. The van der Waals surface area contributed by atoms with Gasteiger partial charge in [0.1, 0.15) is 18.1 Å². The quantitative estimate of drug-likeness (QED) is 0.369. The highest BCUT2D eigenvalue weighted by molar-refractivity contribution is 14.0. The highest BCUT2D eigenvalue weighted by Gasteiger charge is 2.16. The van der Waals surface area contributed by atoms with E-state index in [1.165, 1.54) is 5.56 Å². The molecule has 2 aromatic rings. The molecule has 0 fully saturated rings. The molecule has 8 heteroatoms. The van der Waals surface area contributed by atoms with Gasteiger partial charge in [0, 0.05) is 26.1 Å². The molecule has 0 atom stereocenters. The van der Waals surface area contributed by atoms with Gasteiger partial charge in [-0.2, -0.15) is 0 Å². The normalized spacial score (nSPS) is 13.1. The maximum absolute atomic E-state index is 5.40. The van der Waals surface area contributed by atoms with Crippen LogP contribution in [-0.4, -0.2) is 40.9 Å². The van der Waals surface area contributed by atoms with E-state index in [0.29, 0.717) is 6.54 Å². The van der Waals surface area contributed by atoms with Gasteiger partial charge in [-0.15, -0.1) is 34.2 Å². The van der Waals surface area contributed by atoms with Gasteiger partial charge in [0.25, 0.3) is 0 Å². The lowest BCUT2D eigenvalue weighted by molar-refractivity contribution is 0.409. The number of methoxy groups -OCH3 is 1. The number of nitrogens with one attached hydrogen (secondary N) is 2. The smallest absolute Gasteiger partial charge is 0.191 e. The van der Waals surface area contributed by atoms with Crippen LogP contribution in [0.25, 0.3) is 0 Å². The van der Waals surface area contributed by atoms with Crippen LogP contribution >= 0.6 is 24.0 Å². The first-order valence-electron chi connectivity index (χ1n) is 8.87. The fraction of sp³-hybridized carbons (Fsp3) is 0.500. The third-order valence-corrected chi connectivity index (χ3v) is 4.29. The molecule has 0 unspecified atom stereocenters. The lowest BCUT2D eigenvalue weighted by atomic mass is 10.1. The van der Waals surface area contributed by atoms with Crippen molar-refractivity contribution in [3.63, 3.8) is 0 Å². The maximum Gasteiger partial charge on any atom is 0.191 e. The standard InChI is InChI=1S/C18H26N6O.HI/c1-3-19-18(20-11-10-14-7-4-5-8-15(14)25-2)21-13-17-23-22-16-9-6-12-24(16)17;/h4-5,7-8H,3,6,9-13H2,1-2H3,(H2,19,20,21);1H. The molecule has 1 aliphatic heterocycles. The average Bonchev–Trinajstić information content (AvgIpc) is 3.24. The van der Waals surface area contributed by atoms with Crippen LogP contribution in [0.4, 0.5) is 0 Å². The van der Waals surface area contributed by atoms with Gasteiger partial charge in [-0.25, -0.2) is 4.99 Å². The fourth-order valence-electron chi connectivity index (χ4n) is 3.04. The van der Waals surface area contributed by atoms with Crippen molar-refractivity contribution in [3.05, 3.63) is 41.5 Å². The van der Waals surface area contributed by atoms with Crippen molar-refractivity contribution >= 4 is 29.9 Å². The molecule has 2 N–H and O–H groups in total. The number of nitrogens with zero attached hydrogens (tertiary/aromatic N) is 4. The molecule has 3 rings (SSSR count). The Morgan fingerprint density at radius 2 is 2.12 bits per heavy atom. The molecule has 0 spiro atoms. The van der Waals surface area contributed by atoms with E-state index in [1.807, 2.05) is 18.2 Å². The van der Waals surface area contributed by atoms with E-state index in [-0.39, 0.29) is 24.0 Å². The first kappa shape index (κ1) is 20.5. The monoisotopic (exact) mass is 470 g/mol. The second kappa shape index (κ2) is 10.3. The van der Waals surface area contributed by atoms with Crippen LogP contribution in [0.5, 0.6) is 5.75 Å². The molecule has 142 valence electrons. The average molecular weight is 470 g/mol. The van der Waals surface area contributed by atoms with Crippen LogP contribution in [0.15, 0.2) is 29.3 Å². The molecule has 0 radical (unpaired) electrons. The Kier molecular flexibility index (Phi) is 8.14. The Bertz CT molecular complexity index is 730. The highest BCUT2D eigenvalue weighted by Crippen LogP contribution is 2.17. The lowest BCUT2D eigenvalue weighted by Crippen LogP contribution is -2.38. The summed E-state index contributed by atoms with van der Waals surface area (Å²) in [5.41, 5.74) is 1.18. The van der Waals surface area contributed by atoms with Crippen LogP contribution in [0.1, 0.15) is 30.6 Å². The minimum Gasteiger partial charge on any atom is -0.496 e. The molecule has 1 aromatic heterocycles. The zero-order valence-electron chi connectivity index (χ0n) is 15.4. The van der Waals surface area contributed by atoms with Crippen molar-refractivity contribution in [2.24, 2.45) is 4.99 Å². The number of fused-ring (bicyclic) bond motifs is 1. The number of para-hydroxylation sites is 1. The summed E-state index contributed by atoms with van der Waals surface area (Å²) in [6.07, 6.45) is 3.04. The van der Waals surface area contributed by atoms with E-state index in [1.54, 1.807) is 7.11 Å². The Labute approximate surface area is 171 Å². The Balaban J connectivity index is 0.00000243. The summed E-state index contributed by atoms with van der Waals surface area (Å²) in [5, 5.41) is 15.1. The predicted molar refractivity (Wildman–Crippen MR) is 113 cm³/mol. The Hall–Kier alpha value is -1.84. The number of halogens is 1. The van der Waals surface area contributed by atoms with Crippen LogP contribution in [-0.2, 0) is 25.9 Å². The summed E-state index contributed by atoms with van der Waals surface area (Å²) < 4.78 is 7.58. The molecule has 0 saturated heterocycles. The van der Waals surface area contributed by atoms with Crippen molar-refractivity contribution in [1.82, 2.24) is 25.4 Å². The number of aromatic nitrogens is 3. The SMILES string of the molecule is CCNC(=NCc1nnc2n1CCC2)NCCc1ccccc1OC.I. The largest absolute Gasteiger partial charge is 0.496 e. The lowest BCUT2D eigenvalue weighted by Gasteiger charge is -2.12. The first-order valence-corrected chi connectivity index (χ1v) is 8.87. The van der Waals surface area contributed by atoms with Gasteiger partial charge in [0.15, 0.2) is 11.8 Å². The van der Waals surface area contributed by atoms with E-state index >= 15 is 0 Å². The number of ether oxygens (including phenoxy) is 1. The van der Waals surface area contributed by atoms with Crippen LogP contribution in [0.3, 0.4) is 0 Å². The molecule has 0 saturated carbocycles.